The van der Waals surface area contributed by atoms with E-state index in [1.807, 2.05) is 6.07 Å². The number of nitrogens with two attached hydrogens (primary N) is 1. The van der Waals surface area contributed by atoms with Crippen molar-refractivity contribution < 1.29 is 8.78 Å². The van der Waals surface area contributed by atoms with Crippen LogP contribution in [0.15, 0.2) is 34.2 Å². The molecule has 1 aliphatic rings. The van der Waals surface area contributed by atoms with Crippen LogP contribution in [0.3, 0.4) is 0 Å². The second-order valence-electron chi connectivity index (χ2n) is 4.89. The second kappa shape index (κ2) is 5.44. The van der Waals surface area contributed by atoms with Crippen molar-refractivity contribution in [3.8, 4) is 0 Å². The van der Waals surface area contributed by atoms with E-state index in [2.05, 4.69) is 4.98 Å². The molecule has 0 spiro atoms. The fraction of sp³-hybridized carbons (Fsp3) is 0.200. The molecule has 0 unspecified atom stereocenters. The number of nitrogen functional groups attached to an aromatic ring is 1. The maximum absolute atomic E-state index is 13.8. The van der Waals surface area contributed by atoms with Crippen LogP contribution < -0.4 is 5.73 Å². The van der Waals surface area contributed by atoms with Gasteiger partial charge in [-0.15, -0.1) is 0 Å². The molecule has 0 saturated heterocycles. The first-order chi connectivity index (χ1) is 10.0. The zero-order chi connectivity index (χ0) is 15.0. The Labute approximate surface area is 125 Å². The number of rotatable bonds is 3. The van der Waals surface area contributed by atoms with Crippen molar-refractivity contribution in [3.63, 3.8) is 0 Å². The van der Waals surface area contributed by atoms with Crippen LogP contribution in [0.25, 0.3) is 0 Å². The lowest BCUT2D eigenvalue weighted by atomic mass is 10.1. The number of aryl methyl sites for hydroxylation is 2. The Morgan fingerprint density at radius 3 is 2.81 bits per heavy atom. The Balaban J connectivity index is 2.05. The number of aromatic nitrogens is 1. The summed E-state index contributed by atoms with van der Waals surface area (Å²) in [5.41, 5.74) is 8.11. The zero-order valence-corrected chi connectivity index (χ0v) is 11.9. The lowest BCUT2D eigenvalue weighted by Gasteiger charge is -2.10. The molecule has 0 saturated carbocycles. The number of nitrogens with zero attached hydrogens (tertiary/aromatic N) is 1. The van der Waals surface area contributed by atoms with E-state index in [0.29, 0.717) is 10.6 Å². The van der Waals surface area contributed by atoms with Crippen molar-refractivity contribution >= 4 is 17.6 Å². The lowest BCUT2D eigenvalue weighted by Crippen LogP contribution is -2.14. The van der Waals surface area contributed by atoms with Gasteiger partial charge in [-0.2, -0.15) is 0 Å². The third-order valence-corrected chi connectivity index (χ3v) is 4.44. The molecule has 3 rings (SSSR count). The van der Waals surface area contributed by atoms with Crippen LogP contribution in [0.4, 0.5) is 8.78 Å². The molecule has 6 heteroatoms. The summed E-state index contributed by atoms with van der Waals surface area (Å²) in [6.07, 6.45) is 2.80. The summed E-state index contributed by atoms with van der Waals surface area (Å²) in [4.78, 5) is 4.64. The van der Waals surface area contributed by atoms with Crippen LogP contribution in [-0.2, 0) is 12.8 Å². The van der Waals surface area contributed by atoms with Gasteiger partial charge in [0.2, 0.25) is 0 Å². The van der Waals surface area contributed by atoms with E-state index in [1.165, 1.54) is 0 Å². The van der Waals surface area contributed by atoms with E-state index in [1.54, 1.807) is 0 Å². The summed E-state index contributed by atoms with van der Waals surface area (Å²) in [5.74, 6) is -1.14. The first-order valence-electron chi connectivity index (χ1n) is 6.54. The molecular weight excluding hydrogens is 292 g/mol. The van der Waals surface area contributed by atoms with E-state index in [4.69, 9.17) is 11.1 Å². The number of benzene rings is 1. The summed E-state index contributed by atoms with van der Waals surface area (Å²) in [6.45, 7) is 0. The number of hydrogen-bond acceptors (Lipinski definition) is 3. The standard InChI is InChI=1S/C15H13F2N3S/c16-9-4-5-11(17)13(7-9)21-15-10(14(18)19)6-8-2-1-3-12(8)20-15/h4-7H,1-3H2,(H3,18,19). The van der Waals surface area contributed by atoms with Crippen molar-refractivity contribution in [3.05, 3.63) is 52.7 Å². The highest BCUT2D eigenvalue weighted by molar-refractivity contribution is 7.99. The van der Waals surface area contributed by atoms with Gasteiger partial charge in [0.25, 0.3) is 0 Å². The van der Waals surface area contributed by atoms with Gasteiger partial charge in [0.15, 0.2) is 0 Å². The topological polar surface area (TPSA) is 62.8 Å². The molecule has 1 aliphatic carbocycles. The fourth-order valence-corrected chi connectivity index (χ4v) is 3.36. The lowest BCUT2D eigenvalue weighted by molar-refractivity contribution is 0.577. The van der Waals surface area contributed by atoms with Crippen molar-refractivity contribution in [2.75, 3.05) is 0 Å². The van der Waals surface area contributed by atoms with E-state index in [-0.39, 0.29) is 10.7 Å². The van der Waals surface area contributed by atoms with Crippen LogP contribution in [0.2, 0.25) is 0 Å². The van der Waals surface area contributed by atoms with Crippen molar-refractivity contribution in [1.29, 1.82) is 5.41 Å². The minimum Gasteiger partial charge on any atom is -0.384 e. The molecule has 0 fully saturated rings. The third kappa shape index (κ3) is 2.76. The average molecular weight is 305 g/mol. The molecular formula is C15H13F2N3S. The highest BCUT2D eigenvalue weighted by atomic mass is 32.2. The van der Waals surface area contributed by atoms with Crippen molar-refractivity contribution in [2.45, 2.75) is 29.2 Å². The molecule has 0 amide bonds. The Morgan fingerprint density at radius 2 is 2.05 bits per heavy atom. The largest absolute Gasteiger partial charge is 0.384 e. The Bertz CT molecular complexity index is 731. The summed E-state index contributed by atoms with van der Waals surface area (Å²) < 4.78 is 27.0. The second-order valence-corrected chi connectivity index (χ2v) is 5.92. The van der Waals surface area contributed by atoms with Gasteiger partial charge in [-0.1, -0.05) is 11.8 Å². The molecule has 3 N–H and O–H groups in total. The van der Waals surface area contributed by atoms with Crippen LogP contribution in [0.5, 0.6) is 0 Å². The number of fused-ring (bicyclic) bond motifs is 1. The highest BCUT2D eigenvalue weighted by Gasteiger charge is 2.19. The number of nitrogens with one attached hydrogen (secondary N) is 1. The summed E-state index contributed by atoms with van der Waals surface area (Å²) in [5, 5.41) is 8.11. The van der Waals surface area contributed by atoms with E-state index in [0.717, 1.165) is 60.5 Å². The summed E-state index contributed by atoms with van der Waals surface area (Å²) in [6, 6.07) is 5.12. The quantitative estimate of drug-likeness (QED) is 0.675. The first-order valence-corrected chi connectivity index (χ1v) is 7.36. The molecule has 1 heterocycles. The molecule has 1 aromatic heterocycles. The molecule has 2 aromatic rings. The van der Waals surface area contributed by atoms with Crippen molar-refractivity contribution in [2.24, 2.45) is 5.73 Å². The number of hydrogen-bond donors (Lipinski definition) is 2. The van der Waals surface area contributed by atoms with Gasteiger partial charge >= 0.3 is 0 Å². The summed E-state index contributed by atoms with van der Waals surface area (Å²) >= 11 is 1.00. The smallest absolute Gasteiger partial charge is 0.137 e. The Morgan fingerprint density at radius 1 is 1.24 bits per heavy atom. The van der Waals surface area contributed by atoms with Crippen molar-refractivity contribution in [1.82, 2.24) is 4.98 Å². The fourth-order valence-electron chi connectivity index (χ4n) is 2.38. The maximum Gasteiger partial charge on any atom is 0.137 e. The minimum atomic E-state index is -0.516. The highest BCUT2D eigenvalue weighted by Crippen LogP contribution is 2.34. The minimum absolute atomic E-state index is 0.114. The van der Waals surface area contributed by atoms with Crippen LogP contribution in [-0.4, -0.2) is 10.8 Å². The number of pyridine rings is 1. The van der Waals surface area contributed by atoms with E-state index in [9.17, 15) is 8.78 Å². The van der Waals surface area contributed by atoms with Crippen LogP contribution >= 0.6 is 11.8 Å². The van der Waals surface area contributed by atoms with Gasteiger partial charge in [0.1, 0.15) is 22.5 Å². The van der Waals surface area contributed by atoms with E-state index >= 15 is 0 Å². The normalized spacial score (nSPS) is 13.2. The SMILES string of the molecule is N=C(N)c1cc2c(nc1Sc1cc(F)ccc1F)CCC2. The Hall–Kier alpha value is -1.95. The Kier molecular flexibility index (Phi) is 3.63. The molecule has 0 bridgehead atoms. The number of halogens is 2. The van der Waals surface area contributed by atoms with Gasteiger partial charge in [0.05, 0.1) is 4.90 Å². The zero-order valence-electron chi connectivity index (χ0n) is 11.1. The molecule has 21 heavy (non-hydrogen) atoms. The monoisotopic (exact) mass is 305 g/mol. The third-order valence-electron chi connectivity index (χ3n) is 3.41. The van der Waals surface area contributed by atoms with Crippen LogP contribution in [0.1, 0.15) is 23.2 Å². The molecule has 1 aromatic carbocycles. The number of amidine groups is 1. The van der Waals surface area contributed by atoms with Gasteiger partial charge in [-0.25, -0.2) is 13.8 Å². The summed E-state index contributed by atoms with van der Waals surface area (Å²) in [7, 11) is 0. The average Bonchev–Trinajstić information content (AvgIpc) is 2.89. The van der Waals surface area contributed by atoms with E-state index < -0.39 is 11.6 Å². The molecule has 0 atom stereocenters. The molecule has 0 aliphatic heterocycles. The van der Waals surface area contributed by atoms with Gasteiger partial charge in [-0.05, 0) is 49.1 Å². The molecule has 0 radical (unpaired) electrons. The van der Waals surface area contributed by atoms with Gasteiger partial charge in [-0.3, -0.25) is 5.41 Å². The predicted molar refractivity (Wildman–Crippen MR) is 77.8 cm³/mol. The molecule has 3 nitrogen and oxygen atoms in total. The molecule has 108 valence electrons. The maximum atomic E-state index is 13.8. The van der Waals surface area contributed by atoms with Crippen LogP contribution in [0, 0.1) is 17.0 Å². The predicted octanol–water partition coefficient (Wildman–Crippen LogP) is 3.28. The first kappa shape index (κ1) is 14.0. The van der Waals surface area contributed by atoms with Gasteiger partial charge < -0.3 is 5.73 Å². The van der Waals surface area contributed by atoms with Gasteiger partial charge in [0, 0.05) is 11.3 Å².